The van der Waals surface area contributed by atoms with E-state index in [9.17, 15) is 0 Å². The molecule has 0 aliphatic carbocycles. The van der Waals surface area contributed by atoms with Crippen LogP contribution >= 0.6 is 0 Å². The lowest BCUT2D eigenvalue weighted by molar-refractivity contribution is 1.31. The lowest BCUT2D eigenvalue weighted by Gasteiger charge is -2.10. The standard InChI is InChI=1S/2C16H18/c1-11-5-7-15(9-13(11)3)16-8-6-12(2)14(4)10-16;1-11-8-9-15(10-13(11)3)16-7-5-6-12(2)14(16)4/h2*5-10H,1-4H3. The van der Waals surface area contributed by atoms with Crippen LogP contribution < -0.4 is 0 Å². The molecule has 0 heterocycles. The molecule has 0 aliphatic heterocycles. The summed E-state index contributed by atoms with van der Waals surface area (Å²) < 4.78 is 0. The van der Waals surface area contributed by atoms with Crippen LogP contribution in [0.3, 0.4) is 0 Å². The summed E-state index contributed by atoms with van der Waals surface area (Å²) in [4.78, 5) is 0. The van der Waals surface area contributed by atoms with Crippen LogP contribution in [0.15, 0.2) is 72.8 Å². The van der Waals surface area contributed by atoms with Crippen molar-refractivity contribution in [1.29, 1.82) is 0 Å². The van der Waals surface area contributed by atoms with E-state index >= 15 is 0 Å². The molecular weight excluding hydrogens is 384 g/mol. The number of rotatable bonds is 2. The van der Waals surface area contributed by atoms with E-state index in [2.05, 4.69) is 128 Å². The van der Waals surface area contributed by atoms with Crippen molar-refractivity contribution in [1.82, 2.24) is 0 Å². The third-order valence-electron chi connectivity index (χ3n) is 6.77. The molecule has 164 valence electrons. The molecule has 0 spiro atoms. The van der Waals surface area contributed by atoms with Gasteiger partial charge in [0.15, 0.2) is 0 Å². The Morgan fingerprint density at radius 1 is 0.344 bits per heavy atom. The van der Waals surface area contributed by atoms with Gasteiger partial charge in [0, 0.05) is 0 Å². The Morgan fingerprint density at radius 3 is 1.19 bits per heavy atom. The zero-order valence-corrected chi connectivity index (χ0v) is 20.9. The van der Waals surface area contributed by atoms with Gasteiger partial charge in [-0.05, 0) is 122 Å². The van der Waals surface area contributed by atoms with Crippen molar-refractivity contribution in [2.45, 2.75) is 55.4 Å². The summed E-state index contributed by atoms with van der Waals surface area (Å²) in [5.74, 6) is 0. The molecule has 0 saturated carbocycles. The summed E-state index contributed by atoms with van der Waals surface area (Å²) >= 11 is 0. The third kappa shape index (κ3) is 5.37. The second kappa shape index (κ2) is 10.0. The van der Waals surface area contributed by atoms with Gasteiger partial charge in [0.05, 0.1) is 0 Å². The van der Waals surface area contributed by atoms with Gasteiger partial charge in [-0.25, -0.2) is 0 Å². The first kappa shape index (κ1) is 23.5. The van der Waals surface area contributed by atoms with Crippen molar-refractivity contribution in [2.75, 3.05) is 0 Å². The van der Waals surface area contributed by atoms with Crippen LogP contribution in [0.1, 0.15) is 44.5 Å². The van der Waals surface area contributed by atoms with E-state index in [4.69, 9.17) is 0 Å². The minimum Gasteiger partial charge on any atom is -0.0614 e. The van der Waals surface area contributed by atoms with Gasteiger partial charge in [0.2, 0.25) is 0 Å². The topological polar surface area (TPSA) is 0 Å². The van der Waals surface area contributed by atoms with Crippen LogP contribution in [0, 0.1) is 55.4 Å². The van der Waals surface area contributed by atoms with E-state index in [-0.39, 0.29) is 0 Å². The van der Waals surface area contributed by atoms with Crippen LogP contribution in [-0.4, -0.2) is 0 Å². The van der Waals surface area contributed by atoms with Gasteiger partial charge < -0.3 is 0 Å². The molecule has 0 atom stereocenters. The Hall–Kier alpha value is -3.12. The smallest absolute Gasteiger partial charge is 0.0152 e. The quantitative estimate of drug-likeness (QED) is 0.303. The van der Waals surface area contributed by atoms with Crippen molar-refractivity contribution >= 4 is 0 Å². The predicted molar refractivity (Wildman–Crippen MR) is 142 cm³/mol. The maximum Gasteiger partial charge on any atom is -0.0152 e. The molecule has 0 unspecified atom stereocenters. The second-order valence-corrected chi connectivity index (χ2v) is 9.14. The highest BCUT2D eigenvalue weighted by atomic mass is 14.1. The van der Waals surface area contributed by atoms with Crippen molar-refractivity contribution in [2.24, 2.45) is 0 Å². The van der Waals surface area contributed by atoms with Crippen molar-refractivity contribution in [3.8, 4) is 22.3 Å². The molecule has 4 rings (SSSR count). The fourth-order valence-corrected chi connectivity index (χ4v) is 3.81. The fraction of sp³-hybridized carbons (Fsp3) is 0.250. The lowest BCUT2D eigenvalue weighted by Crippen LogP contribution is -1.88. The Labute approximate surface area is 195 Å². The lowest BCUT2D eigenvalue weighted by atomic mass is 9.95. The largest absolute Gasteiger partial charge is 0.0614 e. The van der Waals surface area contributed by atoms with Crippen molar-refractivity contribution in [3.05, 3.63) is 117 Å². The highest BCUT2D eigenvalue weighted by Crippen LogP contribution is 2.27. The molecule has 4 aromatic rings. The average molecular weight is 421 g/mol. The first-order valence-corrected chi connectivity index (χ1v) is 11.5. The molecule has 0 fully saturated rings. The molecule has 0 heteroatoms. The first-order valence-electron chi connectivity index (χ1n) is 11.5. The monoisotopic (exact) mass is 420 g/mol. The van der Waals surface area contributed by atoms with Crippen LogP contribution in [0.4, 0.5) is 0 Å². The summed E-state index contributed by atoms with van der Waals surface area (Å²) in [5, 5.41) is 0. The zero-order valence-electron chi connectivity index (χ0n) is 20.9. The second-order valence-electron chi connectivity index (χ2n) is 9.14. The Morgan fingerprint density at radius 2 is 0.750 bits per heavy atom. The molecule has 0 aromatic heterocycles. The molecule has 0 bridgehead atoms. The minimum absolute atomic E-state index is 1.31. The fourth-order valence-electron chi connectivity index (χ4n) is 3.81. The number of benzene rings is 4. The molecular formula is C32H36. The summed E-state index contributed by atoms with van der Waals surface area (Å²) in [6.07, 6.45) is 0. The predicted octanol–water partition coefficient (Wildman–Crippen LogP) is 9.17. The van der Waals surface area contributed by atoms with E-state index in [1.807, 2.05) is 0 Å². The van der Waals surface area contributed by atoms with Crippen molar-refractivity contribution in [3.63, 3.8) is 0 Å². The van der Waals surface area contributed by atoms with E-state index in [0.29, 0.717) is 0 Å². The molecule has 0 nitrogen and oxygen atoms in total. The van der Waals surface area contributed by atoms with E-state index in [1.165, 1.54) is 66.8 Å². The van der Waals surface area contributed by atoms with Gasteiger partial charge in [-0.3, -0.25) is 0 Å². The summed E-state index contributed by atoms with van der Waals surface area (Å²) in [6, 6.07) is 26.5. The Balaban J connectivity index is 0.000000181. The zero-order chi connectivity index (χ0) is 23.4. The summed E-state index contributed by atoms with van der Waals surface area (Å²) in [7, 11) is 0. The molecule has 0 saturated heterocycles. The van der Waals surface area contributed by atoms with Crippen LogP contribution in [0.25, 0.3) is 22.3 Å². The molecule has 32 heavy (non-hydrogen) atoms. The minimum atomic E-state index is 1.31. The van der Waals surface area contributed by atoms with Gasteiger partial charge in [0.25, 0.3) is 0 Å². The maximum atomic E-state index is 2.27. The molecule has 0 amide bonds. The van der Waals surface area contributed by atoms with Crippen molar-refractivity contribution < 1.29 is 0 Å². The number of hydrogen-bond donors (Lipinski definition) is 0. The molecule has 0 radical (unpaired) electrons. The van der Waals surface area contributed by atoms with Crippen LogP contribution in [0.2, 0.25) is 0 Å². The normalized spacial score (nSPS) is 10.5. The number of aryl methyl sites for hydroxylation is 7. The summed E-state index contributed by atoms with van der Waals surface area (Å²) in [5.41, 5.74) is 16.2. The van der Waals surface area contributed by atoms with E-state index in [1.54, 1.807) is 0 Å². The van der Waals surface area contributed by atoms with E-state index < -0.39 is 0 Å². The third-order valence-corrected chi connectivity index (χ3v) is 6.77. The SMILES string of the molecule is Cc1ccc(-c2ccc(C)c(C)c2)cc1C.Cc1ccc(-c2cccc(C)c2C)cc1C. The van der Waals surface area contributed by atoms with Crippen LogP contribution in [-0.2, 0) is 0 Å². The van der Waals surface area contributed by atoms with E-state index in [0.717, 1.165) is 0 Å². The Bertz CT molecular complexity index is 1190. The molecule has 4 aromatic carbocycles. The average Bonchev–Trinajstić information content (AvgIpc) is 2.76. The van der Waals surface area contributed by atoms with Gasteiger partial charge in [0.1, 0.15) is 0 Å². The summed E-state index contributed by atoms with van der Waals surface area (Å²) in [6.45, 7) is 17.3. The molecule has 0 N–H and O–H groups in total. The van der Waals surface area contributed by atoms with Gasteiger partial charge in [-0.15, -0.1) is 0 Å². The highest BCUT2D eigenvalue weighted by Gasteiger charge is 2.04. The van der Waals surface area contributed by atoms with Gasteiger partial charge >= 0.3 is 0 Å². The number of hydrogen-bond acceptors (Lipinski definition) is 0. The maximum absolute atomic E-state index is 2.27. The van der Waals surface area contributed by atoms with Gasteiger partial charge in [-0.1, -0.05) is 72.8 Å². The van der Waals surface area contributed by atoms with Gasteiger partial charge in [-0.2, -0.15) is 0 Å². The Kier molecular flexibility index (Phi) is 7.36. The molecule has 0 aliphatic rings. The highest BCUT2D eigenvalue weighted by molar-refractivity contribution is 5.69. The first-order chi connectivity index (χ1) is 15.2. The van der Waals surface area contributed by atoms with Crippen LogP contribution in [0.5, 0.6) is 0 Å².